The third kappa shape index (κ3) is 2.69. The molecule has 0 unspecified atom stereocenters. The quantitative estimate of drug-likeness (QED) is 0.931. The van der Waals surface area contributed by atoms with E-state index < -0.39 is 11.4 Å². The lowest BCUT2D eigenvalue weighted by Gasteiger charge is -2.21. The van der Waals surface area contributed by atoms with Crippen LogP contribution in [0.3, 0.4) is 0 Å². The van der Waals surface area contributed by atoms with Crippen LogP contribution < -0.4 is 5.73 Å². The highest BCUT2D eigenvalue weighted by Crippen LogP contribution is 2.28. The first-order valence-corrected chi connectivity index (χ1v) is 6.88. The second-order valence-corrected chi connectivity index (χ2v) is 5.33. The van der Waals surface area contributed by atoms with E-state index in [0.717, 1.165) is 0 Å². The Labute approximate surface area is 119 Å². The van der Waals surface area contributed by atoms with Crippen molar-refractivity contribution in [3.05, 3.63) is 34.3 Å². The second kappa shape index (κ2) is 5.38. The van der Waals surface area contributed by atoms with E-state index in [1.807, 2.05) is 13.8 Å². The fraction of sp³-hybridized carbons (Fsp3) is 0.385. The SMILES string of the molecule is CCC(N)(CC)c1noc(-c2ccc(Br)cc2F)n1. The Morgan fingerprint density at radius 2 is 2.05 bits per heavy atom. The third-order valence-electron chi connectivity index (χ3n) is 3.29. The van der Waals surface area contributed by atoms with Gasteiger partial charge >= 0.3 is 0 Å². The molecular formula is C13H15BrFN3O. The Bertz CT molecular complexity index is 581. The van der Waals surface area contributed by atoms with Crippen molar-refractivity contribution < 1.29 is 8.91 Å². The summed E-state index contributed by atoms with van der Waals surface area (Å²) >= 11 is 3.20. The molecule has 2 rings (SSSR count). The van der Waals surface area contributed by atoms with Gasteiger partial charge in [0.05, 0.1) is 11.1 Å². The minimum atomic E-state index is -0.631. The van der Waals surface area contributed by atoms with Gasteiger partial charge in [-0.1, -0.05) is 34.9 Å². The number of halogens is 2. The molecule has 6 heteroatoms. The zero-order valence-electron chi connectivity index (χ0n) is 10.8. The molecular weight excluding hydrogens is 313 g/mol. The highest BCUT2D eigenvalue weighted by Gasteiger charge is 2.29. The van der Waals surface area contributed by atoms with Gasteiger partial charge in [-0.2, -0.15) is 4.98 Å². The second-order valence-electron chi connectivity index (χ2n) is 4.41. The first-order valence-electron chi connectivity index (χ1n) is 6.08. The number of benzene rings is 1. The monoisotopic (exact) mass is 327 g/mol. The Kier molecular flexibility index (Phi) is 4.01. The molecule has 1 aromatic carbocycles. The number of nitrogens with two attached hydrogens (primary N) is 1. The summed E-state index contributed by atoms with van der Waals surface area (Å²) in [6, 6.07) is 4.67. The fourth-order valence-corrected chi connectivity index (χ4v) is 2.10. The van der Waals surface area contributed by atoms with E-state index in [0.29, 0.717) is 23.1 Å². The van der Waals surface area contributed by atoms with Crippen molar-refractivity contribution in [2.45, 2.75) is 32.2 Å². The van der Waals surface area contributed by atoms with Crippen LogP contribution in [-0.2, 0) is 5.54 Å². The van der Waals surface area contributed by atoms with Gasteiger partial charge in [-0.25, -0.2) is 4.39 Å². The van der Waals surface area contributed by atoms with Gasteiger partial charge < -0.3 is 10.3 Å². The van der Waals surface area contributed by atoms with Gasteiger partial charge in [-0.3, -0.25) is 0 Å². The summed E-state index contributed by atoms with van der Waals surface area (Å²) in [5, 5.41) is 3.88. The zero-order chi connectivity index (χ0) is 14.0. The third-order valence-corrected chi connectivity index (χ3v) is 3.79. The lowest BCUT2D eigenvalue weighted by Crippen LogP contribution is -2.36. The topological polar surface area (TPSA) is 64.9 Å². The minimum absolute atomic E-state index is 0.150. The maximum absolute atomic E-state index is 13.8. The summed E-state index contributed by atoms with van der Waals surface area (Å²) in [5.74, 6) is 0.145. The van der Waals surface area contributed by atoms with Crippen molar-refractivity contribution in [1.29, 1.82) is 0 Å². The first-order chi connectivity index (χ1) is 9.00. The molecule has 0 aliphatic rings. The molecule has 0 saturated heterocycles. The van der Waals surface area contributed by atoms with Crippen molar-refractivity contribution in [3.8, 4) is 11.5 Å². The molecule has 1 aromatic heterocycles. The number of rotatable bonds is 4. The number of aromatic nitrogens is 2. The van der Waals surface area contributed by atoms with Crippen LogP contribution in [-0.4, -0.2) is 10.1 Å². The van der Waals surface area contributed by atoms with Crippen LogP contribution in [0.4, 0.5) is 4.39 Å². The van der Waals surface area contributed by atoms with E-state index in [1.165, 1.54) is 6.07 Å². The van der Waals surface area contributed by atoms with Gasteiger partial charge in [0.25, 0.3) is 5.89 Å². The van der Waals surface area contributed by atoms with Crippen LogP contribution >= 0.6 is 15.9 Å². The van der Waals surface area contributed by atoms with E-state index in [1.54, 1.807) is 12.1 Å². The highest BCUT2D eigenvalue weighted by molar-refractivity contribution is 9.10. The molecule has 0 spiro atoms. The van der Waals surface area contributed by atoms with Gasteiger partial charge in [-0.05, 0) is 31.0 Å². The standard InChI is InChI=1S/C13H15BrFN3O/c1-3-13(16,4-2)12-17-11(19-18-12)9-6-5-8(14)7-10(9)15/h5-7H,3-4,16H2,1-2H3. The van der Waals surface area contributed by atoms with Crippen LogP contribution in [0, 0.1) is 5.82 Å². The van der Waals surface area contributed by atoms with Crippen LogP contribution in [0.25, 0.3) is 11.5 Å². The zero-order valence-corrected chi connectivity index (χ0v) is 12.4. The Balaban J connectivity index is 2.41. The summed E-state index contributed by atoms with van der Waals surface area (Å²) in [6.45, 7) is 3.92. The summed E-state index contributed by atoms with van der Waals surface area (Å²) in [7, 11) is 0. The predicted molar refractivity (Wildman–Crippen MR) is 73.8 cm³/mol. The number of nitrogens with zero attached hydrogens (tertiary/aromatic N) is 2. The molecule has 0 aliphatic carbocycles. The summed E-state index contributed by atoms with van der Waals surface area (Å²) in [6.07, 6.45) is 1.37. The Hall–Kier alpha value is -1.27. The van der Waals surface area contributed by atoms with Gasteiger partial charge in [0, 0.05) is 4.47 Å². The Morgan fingerprint density at radius 3 is 2.63 bits per heavy atom. The van der Waals surface area contributed by atoms with Gasteiger partial charge in [0.15, 0.2) is 5.82 Å². The van der Waals surface area contributed by atoms with Crippen LogP contribution in [0.5, 0.6) is 0 Å². The fourth-order valence-electron chi connectivity index (χ4n) is 1.76. The molecule has 2 aromatic rings. The van der Waals surface area contributed by atoms with Crippen molar-refractivity contribution >= 4 is 15.9 Å². The molecule has 1 heterocycles. The molecule has 102 valence electrons. The molecule has 0 bridgehead atoms. The first kappa shape index (κ1) is 14.1. The summed E-state index contributed by atoms with van der Waals surface area (Å²) in [4.78, 5) is 4.23. The van der Waals surface area contributed by atoms with Crippen LogP contribution in [0.2, 0.25) is 0 Å². The minimum Gasteiger partial charge on any atom is -0.334 e. The van der Waals surface area contributed by atoms with Crippen LogP contribution in [0.15, 0.2) is 27.2 Å². The van der Waals surface area contributed by atoms with Crippen molar-refractivity contribution in [3.63, 3.8) is 0 Å². The lowest BCUT2D eigenvalue weighted by molar-refractivity contribution is 0.350. The Morgan fingerprint density at radius 1 is 1.37 bits per heavy atom. The molecule has 19 heavy (non-hydrogen) atoms. The summed E-state index contributed by atoms with van der Waals surface area (Å²) < 4.78 is 19.6. The molecule has 0 atom stereocenters. The molecule has 0 amide bonds. The molecule has 0 radical (unpaired) electrons. The lowest BCUT2D eigenvalue weighted by atomic mass is 9.93. The molecule has 4 nitrogen and oxygen atoms in total. The molecule has 2 N–H and O–H groups in total. The van der Waals surface area contributed by atoms with E-state index in [4.69, 9.17) is 10.3 Å². The number of hydrogen-bond acceptors (Lipinski definition) is 4. The van der Waals surface area contributed by atoms with E-state index in [-0.39, 0.29) is 11.5 Å². The molecule has 0 aliphatic heterocycles. The van der Waals surface area contributed by atoms with Gasteiger partial charge in [0.2, 0.25) is 0 Å². The largest absolute Gasteiger partial charge is 0.334 e. The average Bonchev–Trinajstić information content (AvgIpc) is 2.88. The maximum atomic E-state index is 13.8. The summed E-state index contributed by atoms with van der Waals surface area (Å²) in [5.41, 5.74) is 5.83. The average molecular weight is 328 g/mol. The molecule has 0 fully saturated rings. The maximum Gasteiger partial charge on any atom is 0.260 e. The van der Waals surface area contributed by atoms with Gasteiger partial charge in [-0.15, -0.1) is 0 Å². The van der Waals surface area contributed by atoms with Crippen molar-refractivity contribution in [2.75, 3.05) is 0 Å². The van der Waals surface area contributed by atoms with Crippen LogP contribution in [0.1, 0.15) is 32.5 Å². The predicted octanol–water partition coefficient (Wildman–Crippen LogP) is 3.61. The smallest absolute Gasteiger partial charge is 0.260 e. The van der Waals surface area contributed by atoms with Gasteiger partial charge in [0.1, 0.15) is 5.82 Å². The van der Waals surface area contributed by atoms with E-state index in [9.17, 15) is 4.39 Å². The van der Waals surface area contributed by atoms with E-state index >= 15 is 0 Å². The molecule has 0 saturated carbocycles. The number of hydrogen-bond donors (Lipinski definition) is 1. The highest BCUT2D eigenvalue weighted by atomic mass is 79.9. The van der Waals surface area contributed by atoms with E-state index in [2.05, 4.69) is 26.1 Å². The van der Waals surface area contributed by atoms with Crippen molar-refractivity contribution in [1.82, 2.24) is 10.1 Å². The van der Waals surface area contributed by atoms with Crippen molar-refractivity contribution in [2.24, 2.45) is 5.73 Å². The normalized spacial score (nSPS) is 11.8.